The molecule has 0 radical (unpaired) electrons. The molecule has 0 aliphatic rings. The van der Waals surface area contributed by atoms with Crippen LogP contribution in [0.5, 0.6) is 0 Å². The molecule has 2 aromatic heterocycles. The van der Waals surface area contributed by atoms with Crippen molar-refractivity contribution in [2.24, 2.45) is 0 Å². The van der Waals surface area contributed by atoms with Crippen LogP contribution in [0.2, 0.25) is 0 Å². The lowest BCUT2D eigenvalue weighted by atomic mass is 9.91. The smallest absolute Gasteiger partial charge is 0.159 e. The summed E-state index contributed by atoms with van der Waals surface area (Å²) in [6, 6.07) is 83.2. The number of hydrogen-bond donors (Lipinski definition) is 0. The van der Waals surface area contributed by atoms with E-state index in [1.165, 1.54) is 32.7 Å². The van der Waals surface area contributed by atoms with Crippen LogP contribution in [0.4, 0.5) is 34.1 Å². The maximum Gasteiger partial charge on any atom is 0.159 e. The SMILES string of the molecule is Cc1ccc(-c2ccccc2)cc1N(c1ccc2ccc3c(N(c4cc(-c5ccccc5)ccc4C)c4cccc5c4oc4ccccc45)ccc4ccc1c2c43)c1cccc2c1oc1ccccc12. The van der Waals surface area contributed by atoms with Crippen molar-refractivity contribution in [2.45, 2.75) is 13.8 Å². The van der Waals surface area contributed by atoms with Gasteiger partial charge in [0.05, 0.1) is 22.7 Å². The monoisotopic (exact) mass is 896 g/mol. The summed E-state index contributed by atoms with van der Waals surface area (Å²) in [4.78, 5) is 4.87. The van der Waals surface area contributed by atoms with Gasteiger partial charge in [-0.1, -0.05) is 182 Å². The highest BCUT2D eigenvalue weighted by atomic mass is 16.3. The molecular formula is C66H44N2O2. The van der Waals surface area contributed by atoms with Crippen LogP contribution in [-0.4, -0.2) is 0 Å². The maximum atomic E-state index is 6.85. The molecule has 70 heavy (non-hydrogen) atoms. The highest BCUT2D eigenvalue weighted by Crippen LogP contribution is 2.51. The highest BCUT2D eigenvalue weighted by molar-refractivity contribution is 6.29. The molecule has 0 saturated heterocycles. The average Bonchev–Trinajstić information content (AvgIpc) is 4.00. The topological polar surface area (TPSA) is 32.8 Å². The van der Waals surface area contributed by atoms with E-state index in [0.29, 0.717) is 0 Å². The largest absolute Gasteiger partial charge is 0.454 e. The van der Waals surface area contributed by atoms with Crippen LogP contribution in [0, 0.1) is 13.8 Å². The first-order valence-electron chi connectivity index (χ1n) is 24.0. The predicted octanol–water partition coefficient (Wildman–Crippen LogP) is 19.3. The quantitative estimate of drug-likeness (QED) is 0.142. The Morgan fingerprint density at radius 1 is 0.271 bits per heavy atom. The minimum absolute atomic E-state index is 0.852. The van der Waals surface area contributed by atoms with Gasteiger partial charge in [0.1, 0.15) is 11.2 Å². The van der Waals surface area contributed by atoms with Gasteiger partial charge in [-0.15, -0.1) is 0 Å². The van der Waals surface area contributed by atoms with E-state index in [2.05, 4.69) is 242 Å². The average molecular weight is 897 g/mol. The van der Waals surface area contributed by atoms with E-state index in [0.717, 1.165) is 111 Å². The lowest BCUT2D eigenvalue weighted by Crippen LogP contribution is -2.13. The molecule has 14 aromatic rings. The molecule has 0 aliphatic carbocycles. The second kappa shape index (κ2) is 15.7. The number of hydrogen-bond acceptors (Lipinski definition) is 4. The van der Waals surface area contributed by atoms with Gasteiger partial charge in [0.25, 0.3) is 0 Å². The molecular weight excluding hydrogens is 853 g/mol. The molecule has 0 aliphatic heterocycles. The fourth-order valence-corrected chi connectivity index (χ4v) is 11.1. The second-order valence-electron chi connectivity index (χ2n) is 18.5. The summed E-state index contributed by atoms with van der Waals surface area (Å²) in [6.07, 6.45) is 0. The third kappa shape index (κ3) is 6.16. The first-order chi connectivity index (χ1) is 34.6. The van der Waals surface area contributed by atoms with Crippen LogP contribution in [0.3, 0.4) is 0 Å². The van der Waals surface area contributed by atoms with Crippen LogP contribution in [0.25, 0.3) is 98.4 Å². The maximum absolute atomic E-state index is 6.85. The summed E-state index contributed by atoms with van der Waals surface area (Å²) < 4.78 is 13.7. The van der Waals surface area contributed by atoms with E-state index < -0.39 is 0 Å². The van der Waals surface area contributed by atoms with Crippen LogP contribution in [-0.2, 0) is 0 Å². The Hall–Kier alpha value is -9.12. The minimum atomic E-state index is 0.852. The molecule has 2 heterocycles. The van der Waals surface area contributed by atoms with E-state index in [1.807, 2.05) is 12.1 Å². The molecule has 0 amide bonds. The third-order valence-corrected chi connectivity index (χ3v) is 14.5. The molecule has 4 heteroatoms. The van der Waals surface area contributed by atoms with Crippen LogP contribution < -0.4 is 9.80 Å². The highest BCUT2D eigenvalue weighted by Gasteiger charge is 2.27. The molecule has 0 bridgehead atoms. The molecule has 0 fully saturated rings. The van der Waals surface area contributed by atoms with E-state index in [1.54, 1.807) is 0 Å². The summed E-state index contributed by atoms with van der Waals surface area (Å²) in [6.45, 7) is 4.42. The number of anilines is 6. The standard InChI is InChI=1S/C66H44N2O2/c1-41-27-29-47(43-15-5-3-6-16-43)39-59(41)67(57-23-13-21-51-49-19-9-11-25-61(49)69-65(51)57)55-37-33-45-32-36-54-56(38-34-46-31-35-53(55)63(45)64(46)54)68(60-40-48(30-28-42(60)2)44-17-7-4-8-18-44)58-24-14-22-52-50-20-10-12-26-62(50)70-66(52)58/h3-40H,1-2H3. The minimum Gasteiger partial charge on any atom is -0.454 e. The Morgan fingerprint density at radius 3 is 1.13 bits per heavy atom. The van der Waals surface area contributed by atoms with E-state index >= 15 is 0 Å². The lowest BCUT2D eigenvalue weighted by molar-refractivity contribution is 0.668. The second-order valence-corrected chi connectivity index (χ2v) is 18.5. The Bertz CT molecular complexity index is 4060. The van der Waals surface area contributed by atoms with Crippen molar-refractivity contribution >= 4 is 110 Å². The van der Waals surface area contributed by atoms with Gasteiger partial charge in [-0.25, -0.2) is 0 Å². The van der Waals surface area contributed by atoms with Gasteiger partial charge in [0, 0.05) is 43.7 Å². The van der Waals surface area contributed by atoms with Crippen LogP contribution >= 0.6 is 0 Å². The summed E-state index contributed by atoms with van der Waals surface area (Å²) in [5.41, 5.74) is 16.7. The normalized spacial score (nSPS) is 11.9. The molecule has 0 spiro atoms. The molecule has 330 valence electrons. The fourth-order valence-electron chi connectivity index (χ4n) is 11.1. The fraction of sp³-hybridized carbons (Fsp3) is 0.0303. The number of para-hydroxylation sites is 4. The zero-order valence-electron chi connectivity index (χ0n) is 38.7. The van der Waals surface area contributed by atoms with Crippen molar-refractivity contribution in [2.75, 3.05) is 9.80 Å². The van der Waals surface area contributed by atoms with Gasteiger partial charge >= 0.3 is 0 Å². The lowest BCUT2D eigenvalue weighted by Gasteiger charge is -2.31. The third-order valence-electron chi connectivity index (χ3n) is 14.5. The van der Waals surface area contributed by atoms with E-state index in [4.69, 9.17) is 8.83 Å². The number of benzene rings is 12. The Kier molecular flexibility index (Phi) is 8.99. The van der Waals surface area contributed by atoms with Gasteiger partial charge < -0.3 is 18.6 Å². The first kappa shape index (κ1) is 40.0. The van der Waals surface area contributed by atoms with Gasteiger partial charge in [-0.05, 0) is 117 Å². The first-order valence-corrected chi connectivity index (χ1v) is 24.0. The molecule has 0 unspecified atom stereocenters. The predicted molar refractivity (Wildman–Crippen MR) is 294 cm³/mol. The molecule has 0 atom stereocenters. The number of fused-ring (bicyclic) bond motifs is 6. The molecule has 12 aromatic carbocycles. The van der Waals surface area contributed by atoms with Crippen LogP contribution in [0.1, 0.15) is 11.1 Å². The zero-order valence-corrected chi connectivity index (χ0v) is 38.7. The Balaban J connectivity index is 1.05. The number of nitrogens with zero attached hydrogens (tertiary/aromatic N) is 2. The van der Waals surface area contributed by atoms with Crippen molar-refractivity contribution in [1.82, 2.24) is 0 Å². The van der Waals surface area contributed by atoms with Crippen LogP contribution in [0.15, 0.2) is 239 Å². The summed E-state index contributed by atoms with van der Waals surface area (Å²) in [7, 11) is 0. The van der Waals surface area contributed by atoms with Crippen molar-refractivity contribution in [3.05, 3.63) is 242 Å². The number of rotatable bonds is 8. The van der Waals surface area contributed by atoms with Gasteiger partial charge in [0.2, 0.25) is 0 Å². The van der Waals surface area contributed by atoms with Crippen molar-refractivity contribution in [3.8, 4) is 22.3 Å². The van der Waals surface area contributed by atoms with Gasteiger partial charge in [0.15, 0.2) is 11.2 Å². The molecule has 14 rings (SSSR count). The summed E-state index contributed by atoms with van der Waals surface area (Å²) >= 11 is 0. The summed E-state index contributed by atoms with van der Waals surface area (Å²) in [5, 5.41) is 11.5. The van der Waals surface area contributed by atoms with Crippen molar-refractivity contribution in [1.29, 1.82) is 0 Å². The summed E-state index contributed by atoms with van der Waals surface area (Å²) in [5.74, 6) is 0. The zero-order chi connectivity index (χ0) is 46.5. The Morgan fingerprint density at radius 2 is 0.671 bits per heavy atom. The molecule has 0 N–H and O–H groups in total. The van der Waals surface area contributed by atoms with Gasteiger partial charge in [-0.3, -0.25) is 0 Å². The van der Waals surface area contributed by atoms with Gasteiger partial charge in [-0.2, -0.15) is 0 Å². The van der Waals surface area contributed by atoms with Crippen molar-refractivity contribution in [3.63, 3.8) is 0 Å². The molecule has 0 saturated carbocycles. The van der Waals surface area contributed by atoms with Crippen molar-refractivity contribution < 1.29 is 8.83 Å². The van der Waals surface area contributed by atoms with E-state index in [9.17, 15) is 0 Å². The Labute approximate surface area is 404 Å². The molecule has 4 nitrogen and oxygen atoms in total. The number of furan rings is 2. The van der Waals surface area contributed by atoms with E-state index in [-0.39, 0.29) is 0 Å². The number of aryl methyl sites for hydroxylation is 2.